The molecule has 1 aromatic carbocycles. The third-order valence-electron chi connectivity index (χ3n) is 4.22. The number of nitrogens with two attached hydrogens (primary N) is 1. The van der Waals surface area contributed by atoms with E-state index in [1.54, 1.807) is 12.5 Å². The Morgan fingerprint density at radius 3 is 2.44 bits per heavy atom. The number of rotatable bonds is 4. The molecule has 0 atom stereocenters. The van der Waals surface area contributed by atoms with Crippen molar-refractivity contribution in [3.05, 3.63) is 48.2 Å². The number of nitrogens with zero attached hydrogens (tertiary/aromatic N) is 5. The van der Waals surface area contributed by atoms with E-state index in [-0.39, 0.29) is 0 Å². The molecule has 0 amide bonds. The zero-order chi connectivity index (χ0) is 17.1. The van der Waals surface area contributed by atoms with E-state index in [1.165, 1.54) is 17.0 Å². The Labute approximate surface area is 150 Å². The van der Waals surface area contributed by atoms with Crippen molar-refractivity contribution < 1.29 is 0 Å². The number of hydrogen-bond donors (Lipinski definition) is 2. The molecule has 128 valence electrons. The van der Waals surface area contributed by atoms with Crippen LogP contribution >= 0.6 is 11.3 Å². The highest BCUT2D eigenvalue weighted by Gasteiger charge is 2.21. The Morgan fingerprint density at radius 2 is 1.72 bits per heavy atom. The van der Waals surface area contributed by atoms with Gasteiger partial charge in [-0.2, -0.15) is 0 Å². The maximum absolute atomic E-state index is 6.31. The highest BCUT2D eigenvalue weighted by Crippen LogP contribution is 2.30. The lowest BCUT2D eigenvalue weighted by molar-refractivity contribution is 0.647. The van der Waals surface area contributed by atoms with Crippen molar-refractivity contribution in [2.45, 2.75) is 0 Å². The van der Waals surface area contributed by atoms with E-state index >= 15 is 0 Å². The molecule has 3 heterocycles. The largest absolute Gasteiger partial charge is 0.393 e. The smallest absolute Gasteiger partial charge is 0.188 e. The summed E-state index contributed by atoms with van der Waals surface area (Å²) in [5.41, 5.74) is 8.13. The third kappa shape index (κ3) is 3.34. The number of aromatic nitrogens is 3. The van der Waals surface area contributed by atoms with Gasteiger partial charge in [0, 0.05) is 43.4 Å². The Bertz CT molecular complexity index is 814. The molecule has 25 heavy (non-hydrogen) atoms. The fourth-order valence-electron chi connectivity index (χ4n) is 2.94. The van der Waals surface area contributed by atoms with Crippen LogP contribution in [0.25, 0.3) is 0 Å². The molecule has 0 aliphatic carbocycles. The van der Waals surface area contributed by atoms with Crippen LogP contribution in [0.2, 0.25) is 0 Å². The van der Waals surface area contributed by atoms with E-state index in [0.717, 1.165) is 37.1 Å². The standard InChI is InChI=1S/C17H19N7S/c18-14-15(22-17-19-6-11-25-17)20-12-21-16(14)24-9-7-23(8-10-24)13-4-2-1-3-5-13/h1-6,11-12H,7-10,18H2,(H,19,20,21,22). The Morgan fingerprint density at radius 1 is 0.960 bits per heavy atom. The van der Waals surface area contributed by atoms with Crippen LogP contribution in [0.5, 0.6) is 0 Å². The first-order valence-electron chi connectivity index (χ1n) is 8.13. The molecular formula is C17H19N7S. The summed E-state index contributed by atoms with van der Waals surface area (Å²) in [6, 6.07) is 10.5. The molecule has 1 aliphatic heterocycles. The van der Waals surface area contributed by atoms with Crippen LogP contribution in [0.1, 0.15) is 0 Å². The number of piperazine rings is 1. The molecule has 0 spiro atoms. The Hall–Kier alpha value is -2.87. The predicted molar refractivity (Wildman–Crippen MR) is 103 cm³/mol. The van der Waals surface area contributed by atoms with Crippen molar-refractivity contribution in [2.24, 2.45) is 0 Å². The average molecular weight is 353 g/mol. The van der Waals surface area contributed by atoms with E-state index in [1.807, 2.05) is 11.4 Å². The maximum atomic E-state index is 6.31. The van der Waals surface area contributed by atoms with E-state index < -0.39 is 0 Å². The minimum Gasteiger partial charge on any atom is -0.393 e. The summed E-state index contributed by atoms with van der Waals surface area (Å²) in [6.45, 7) is 3.60. The van der Waals surface area contributed by atoms with Crippen molar-refractivity contribution in [2.75, 3.05) is 47.0 Å². The van der Waals surface area contributed by atoms with E-state index in [9.17, 15) is 0 Å². The molecule has 2 aromatic heterocycles. The molecule has 8 heteroatoms. The van der Waals surface area contributed by atoms with Gasteiger partial charge in [0.25, 0.3) is 0 Å². The summed E-state index contributed by atoms with van der Waals surface area (Å²) in [4.78, 5) is 17.5. The monoisotopic (exact) mass is 353 g/mol. The van der Waals surface area contributed by atoms with Crippen molar-refractivity contribution in [3.8, 4) is 0 Å². The van der Waals surface area contributed by atoms with Gasteiger partial charge in [-0.15, -0.1) is 11.3 Å². The summed E-state index contributed by atoms with van der Waals surface area (Å²) >= 11 is 1.51. The molecule has 1 saturated heterocycles. The first-order chi connectivity index (χ1) is 12.3. The second kappa shape index (κ2) is 6.94. The Kier molecular flexibility index (Phi) is 4.34. The summed E-state index contributed by atoms with van der Waals surface area (Å²) in [6.07, 6.45) is 3.29. The molecule has 0 saturated carbocycles. The molecule has 0 radical (unpaired) electrons. The molecule has 7 nitrogen and oxygen atoms in total. The second-order valence-corrected chi connectivity index (χ2v) is 6.63. The third-order valence-corrected chi connectivity index (χ3v) is 4.91. The number of nitrogen functional groups attached to an aromatic ring is 1. The van der Waals surface area contributed by atoms with Crippen LogP contribution in [0.3, 0.4) is 0 Å². The van der Waals surface area contributed by atoms with Gasteiger partial charge in [0.15, 0.2) is 16.8 Å². The molecular weight excluding hydrogens is 334 g/mol. The van der Waals surface area contributed by atoms with Gasteiger partial charge in [0.2, 0.25) is 0 Å². The average Bonchev–Trinajstić information content (AvgIpc) is 3.18. The maximum Gasteiger partial charge on any atom is 0.188 e. The number of thiazole rings is 1. The lowest BCUT2D eigenvalue weighted by Gasteiger charge is -2.37. The highest BCUT2D eigenvalue weighted by molar-refractivity contribution is 7.13. The highest BCUT2D eigenvalue weighted by atomic mass is 32.1. The van der Waals surface area contributed by atoms with Crippen LogP contribution in [-0.4, -0.2) is 41.1 Å². The fraction of sp³-hybridized carbons (Fsp3) is 0.235. The van der Waals surface area contributed by atoms with E-state index in [2.05, 4.69) is 54.3 Å². The van der Waals surface area contributed by atoms with Gasteiger partial charge < -0.3 is 20.9 Å². The van der Waals surface area contributed by atoms with Crippen LogP contribution in [-0.2, 0) is 0 Å². The number of benzene rings is 1. The van der Waals surface area contributed by atoms with Crippen molar-refractivity contribution in [3.63, 3.8) is 0 Å². The van der Waals surface area contributed by atoms with E-state index in [0.29, 0.717) is 11.5 Å². The molecule has 1 aliphatic rings. The molecule has 4 rings (SSSR count). The zero-order valence-corrected chi connectivity index (χ0v) is 14.5. The number of hydrogen-bond acceptors (Lipinski definition) is 8. The Balaban J connectivity index is 1.48. The molecule has 0 bridgehead atoms. The summed E-state index contributed by atoms with van der Waals surface area (Å²) in [7, 11) is 0. The van der Waals surface area contributed by atoms with Crippen molar-refractivity contribution in [1.82, 2.24) is 15.0 Å². The SMILES string of the molecule is Nc1c(Nc2nccs2)ncnc1N1CCN(c2ccccc2)CC1. The van der Waals surface area contributed by atoms with Crippen LogP contribution < -0.4 is 20.9 Å². The lowest BCUT2D eigenvalue weighted by Crippen LogP contribution is -2.47. The quantitative estimate of drug-likeness (QED) is 0.746. The van der Waals surface area contributed by atoms with Crippen LogP contribution in [0, 0.1) is 0 Å². The lowest BCUT2D eigenvalue weighted by atomic mass is 10.2. The van der Waals surface area contributed by atoms with Gasteiger partial charge in [-0.3, -0.25) is 0 Å². The summed E-state index contributed by atoms with van der Waals surface area (Å²) in [5, 5.41) is 5.84. The number of nitrogens with one attached hydrogen (secondary N) is 1. The first kappa shape index (κ1) is 15.6. The predicted octanol–water partition coefficient (Wildman–Crippen LogP) is 2.59. The number of anilines is 5. The van der Waals surface area contributed by atoms with Gasteiger partial charge in [-0.25, -0.2) is 15.0 Å². The van der Waals surface area contributed by atoms with Crippen molar-refractivity contribution >= 4 is 39.5 Å². The van der Waals surface area contributed by atoms with Crippen molar-refractivity contribution in [1.29, 1.82) is 0 Å². The molecule has 1 fully saturated rings. The van der Waals surface area contributed by atoms with Gasteiger partial charge in [-0.05, 0) is 12.1 Å². The van der Waals surface area contributed by atoms with Crippen LogP contribution in [0.4, 0.5) is 28.1 Å². The summed E-state index contributed by atoms with van der Waals surface area (Å²) < 4.78 is 0. The van der Waals surface area contributed by atoms with Gasteiger partial charge >= 0.3 is 0 Å². The topological polar surface area (TPSA) is 83.2 Å². The van der Waals surface area contributed by atoms with Gasteiger partial charge in [0.1, 0.15) is 12.0 Å². The molecule has 3 N–H and O–H groups in total. The molecule has 0 unspecified atom stereocenters. The van der Waals surface area contributed by atoms with Gasteiger partial charge in [0.05, 0.1) is 0 Å². The van der Waals surface area contributed by atoms with Gasteiger partial charge in [-0.1, -0.05) is 18.2 Å². The normalized spacial score (nSPS) is 14.6. The fourth-order valence-corrected chi connectivity index (χ4v) is 3.47. The second-order valence-electron chi connectivity index (χ2n) is 5.73. The molecule has 3 aromatic rings. The first-order valence-corrected chi connectivity index (χ1v) is 9.01. The summed E-state index contributed by atoms with van der Waals surface area (Å²) in [5.74, 6) is 1.38. The minimum atomic E-state index is 0.561. The van der Waals surface area contributed by atoms with Crippen LogP contribution in [0.15, 0.2) is 48.2 Å². The minimum absolute atomic E-state index is 0.561. The zero-order valence-electron chi connectivity index (χ0n) is 13.7. The number of para-hydroxylation sites is 1. The van der Waals surface area contributed by atoms with E-state index in [4.69, 9.17) is 5.73 Å².